The van der Waals surface area contributed by atoms with Crippen molar-refractivity contribution in [1.82, 2.24) is 4.72 Å². The Morgan fingerprint density at radius 2 is 1.77 bits per heavy atom. The van der Waals surface area contributed by atoms with Gasteiger partial charge in [0.2, 0.25) is 10.0 Å². The molecule has 0 aliphatic rings. The lowest BCUT2D eigenvalue weighted by molar-refractivity contribution is 0.102. The van der Waals surface area contributed by atoms with E-state index in [-0.39, 0.29) is 23.5 Å². The molecule has 0 radical (unpaired) electrons. The lowest BCUT2D eigenvalue weighted by Gasteiger charge is -2.13. The second-order valence-electron chi connectivity index (χ2n) is 6.27. The third kappa shape index (κ3) is 5.14. The summed E-state index contributed by atoms with van der Waals surface area (Å²) in [6, 6.07) is 11.2. The van der Waals surface area contributed by atoms with Crippen molar-refractivity contribution >= 4 is 21.6 Å². The second-order valence-corrected chi connectivity index (χ2v) is 7.99. The fourth-order valence-corrected chi connectivity index (χ4v) is 3.78. The summed E-state index contributed by atoms with van der Waals surface area (Å²) < 4.78 is 32.0. The molecule has 0 spiro atoms. The van der Waals surface area contributed by atoms with Crippen LogP contribution in [0.4, 0.5) is 5.69 Å². The number of rotatable bonds is 7. The van der Waals surface area contributed by atoms with Crippen molar-refractivity contribution in [3.8, 4) is 0 Å². The monoisotopic (exact) mass is 376 g/mol. The Hall–Kier alpha value is -2.22. The zero-order valence-electron chi connectivity index (χ0n) is 15.4. The highest BCUT2D eigenvalue weighted by atomic mass is 32.2. The minimum absolute atomic E-state index is 0.100. The van der Waals surface area contributed by atoms with Crippen molar-refractivity contribution in [2.75, 3.05) is 19.0 Å². The molecule has 2 aromatic carbocycles. The summed E-state index contributed by atoms with van der Waals surface area (Å²) in [6.45, 7) is 5.90. The van der Waals surface area contributed by atoms with Gasteiger partial charge in [-0.15, -0.1) is 0 Å². The van der Waals surface area contributed by atoms with Crippen LogP contribution in [0.1, 0.15) is 28.4 Å². The number of carbonyl (C=O) groups is 1. The molecule has 2 aromatic rings. The smallest absolute Gasteiger partial charge is 0.255 e. The molecule has 0 aromatic heterocycles. The molecule has 0 aliphatic heterocycles. The van der Waals surface area contributed by atoms with Gasteiger partial charge in [-0.1, -0.05) is 17.7 Å². The van der Waals surface area contributed by atoms with Gasteiger partial charge in [0.25, 0.3) is 5.91 Å². The number of benzene rings is 2. The lowest BCUT2D eigenvalue weighted by Crippen LogP contribution is -2.35. The number of methoxy groups -OCH3 is 1. The van der Waals surface area contributed by atoms with Crippen molar-refractivity contribution in [3.05, 3.63) is 59.2 Å². The van der Waals surface area contributed by atoms with Crippen LogP contribution in [0, 0.1) is 13.8 Å². The highest BCUT2D eigenvalue weighted by Crippen LogP contribution is 2.18. The van der Waals surface area contributed by atoms with E-state index in [1.807, 2.05) is 32.0 Å². The van der Waals surface area contributed by atoms with Gasteiger partial charge in [0, 0.05) is 24.4 Å². The second kappa shape index (κ2) is 8.44. The molecule has 0 aliphatic carbocycles. The van der Waals surface area contributed by atoms with Crippen LogP contribution < -0.4 is 10.0 Å². The van der Waals surface area contributed by atoms with Crippen LogP contribution in [0.25, 0.3) is 0 Å². The Morgan fingerprint density at radius 3 is 2.35 bits per heavy atom. The van der Waals surface area contributed by atoms with Gasteiger partial charge >= 0.3 is 0 Å². The molecule has 1 atom stereocenters. The standard InChI is InChI=1S/C19H24N2O4S/c1-13-5-10-18(14(2)11-13)20-19(22)16-6-8-17(9-7-16)26(23,24)21-15(3)12-25-4/h5-11,15,21H,12H2,1-4H3,(H,20,22)/t15-/m0/s1. The fraction of sp³-hybridized carbons (Fsp3) is 0.316. The van der Waals surface area contributed by atoms with Gasteiger partial charge in [-0.05, 0) is 56.7 Å². The zero-order chi connectivity index (χ0) is 19.3. The molecule has 2 N–H and O–H groups in total. The first-order chi connectivity index (χ1) is 12.2. The van der Waals surface area contributed by atoms with E-state index in [4.69, 9.17) is 4.74 Å². The van der Waals surface area contributed by atoms with Crippen LogP contribution in [0.15, 0.2) is 47.4 Å². The predicted octanol–water partition coefficient (Wildman–Crippen LogP) is 2.87. The highest BCUT2D eigenvalue weighted by molar-refractivity contribution is 7.89. The van der Waals surface area contributed by atoms with E-state index in [2.05, 4.69) is 10.0 Å². The van der Waals surface area contributed by atoms with Gasteiger partial charge in [0.15, 0.2) is 0 Å². The molecule has 7 heteroatoms. The topological polar surface area (TPSA) is 84.5 Å². The van der Waals surface area contributed by atoms with Gasteiger partial charge in [0.1, 0.15) is 0 Å². The summed E-state index contributed by atoms with van der Waals surface area (Å²) in [5.74, 6) is -0.290. The van der Waals surface area contributed by atoms with E-state index < -0.39 is 10.0 Å². The highest BCUT2D eigenvalue weighted by Gasteiger charge is 2.18. The Bertz CT molecular complexity index is 877. The molecule has 6 nitrogen and oxygen atoms in total. The summed E-state index contributed by atoms with van der Waals surface area (Å²) in [7, 11) is -2.15. The number of hydrogen-bond donors (Lipinski definition) is 2. The Labute approximate surface area is 154 Å². The molecule has 0 fully saturated rings. The molecular formula is C19H24N2O4S. The molecule has 0 bridgehead atoms. The molecule has 1 amide bonds. The van der Waals surface area contributed by atoms with Crippen LogP contribution in [0.2, 0.25) is 0 Å². The van der Waals surface area contributed by atoms with Crippen LogP contribution in [-0.2, 0) is 14.8 Å². The maximum Gasteiger partial charge on any atom is 0.255 e. The molecule has 0 heterocycles. The van der Waals surface area contributed by atoms with E-state index >= 15 is 0 Å². The average Bonchev–Trinajstić information content (AvgIpc) is 2.57. The third-order valence-electron chi connectivity index (χ3n) is 3.83. The third-order valence-corrected chi connectivity index (χ3v) is 5.44. The first kappa shape index (κ1) is 20.1. The van der Waals surface area contributed by atoms with E-state index in [1.54, 1.807) is 6.92 Å². The maximum atomic E-state index is 12.4. The van der Waals surface area contributed by atoms with Crippen molar-refractivity contribution < 1.29 is 17.9 Å². The quantitative estimate of drug-likeness (QED) is 0.778. The van der Waals surface area contributed by atoms with E-state index in [0.717, 1.165) is 16.8 Å². The van der Waals surface area contributed by atoms with Crippen LogP contribution in [0.3, 0.4) is 0 Å². The van der Waals surface area contributed by atoms with Gasteiger partial charge in [-0.25, -0.2) is 13.1 Å². The van der Waals surface area contributed by atoms with Gasteiger partial charge in [-0.3, -0.25) is 4.79 Å². The summed E-state index contributed by atoms with van der Waals surface area (Å²) in [5, 5.41) is 2.84. The molecule has 0 saturated heterocycles. The number of anilines is 1. The number of amides is 1. The lowest BCUT2D eigenvalue weighted by atomic mass is 10.1. The first-order valence-corrected chi connectivity index (χ1v) is 9.71. The summed E-state index contributed by atoms with van der Waals surface area (Å²) >= 11 is 0. The van der Waals surface area contributed by atoms with Crippen LogP contribution in [0.5, 0.6) is 0 Å². The number of hydrogen-bond acceptors (Lipinski definition) is 4. The van der Waals surface area contributed by atoms with E-state index in [1.165, 1.54) is 31.4 Å². The van der Waals surface area contributed by atoms with Crippen LogP contribution >= 0.6 is 0 Å². The summed E-state index contributed by atoms with van der Waals surface area (Å²) in [4.78, 5) is 12.5. The number of sulfonamides is 1. The largest absolute Gasteiger partial charge is 0.383 e. The predicted molar refractivity (Wildman–Crippen MR) is 102 cm³/mol. The molecule has 2 rings (SSSR count). The number of ether oxygens (including phenoxy) is 1. The van der Waals surface area contributed by atoms with Gasteiger partial charge < -0.3 is 10.1 Å². The molecule has 140 valence electrons. The normalized spacial score (nSPS) is 12.6. The maximum absolute atomic E-state index is 12.4. The molecule has 26 heavy (non-hydrogen) atoms. The molecule has 0 unspecified atom stereocenters. The Balaban J connectivity index is 2.12. The fourth-order valence-electron chi connectivity index (χ4n) is 2.55. The van der Waals surface area contributed by atoms with Crippen molar-refractivity contribution in [1.29, 1.82) is 0 Å². The number of aryl methyl sites for hydroxylation is 2. The number of carbonyl (C=O) groups excluding carboxylic acids is 1. The van der Waals surface area contributed by atoms with Crippen molar-refractivity contribution in [2.45, 2.75) is 31.7 Å². The first-order valence-electron chi connectivity index (χ1n) is 8.23. The minimum atomic E-state index is -3.66. The van der Waals surface area contributed by atoms with Gasteiger partial charge in [0.05, 0.1) is 11.5 Å². The minimum Gasteiger partial charge on any atom is -0.383 e. The molecule has 0 saturated carbocycles. The summed E-state index contributed by atoms with van der Waals surface area (Å²) in [5.41, 5.74) is 3.19. The van der Waals surface area contributed by atoms with Gasteiger partial charge in [-0.2, -0.15) is 0 Å². The SMILES string of the molecule is COC[C@H](C)NS(=O)(=O)c1ccc(C(=O)Nc2ccc(C)cc2C)cc1. The van der Waals surface area contributed by atoms with E-state index in [0.29, 0.717) is 5.56 Å². The molecular weight excluding hydrogens is 352 g/mol. The Kier molecular flexibility index (Phi) is 6.52. The number of nitrogens with one attached hydrogen (secondary N) is 2. The zero-order valence-corrected chi connectivity index (χ0v) is 16.2. The van der Waals surface area contributed by atoms with E-state index in [9.17, 15) is 13.2 Å². The summed E-state index contributed by atoms with van der Waals surface area (Å²) in [6.07, 6.45) is 0. The van der Waals surface area contributed by atoms with Crippen LogP contribution in [-0.4, -0.2) is 34.1 Å². The van der Waals surface area contributed by atoms with Crippen molar-refractivity contribution in [2.24, 2.45) is 0 Å². The van der Waals surface area contributed by atoms with Crippen molar-refractivity contribution in [3.63, 3.8) is 0 Å². The Morgan fingerprint density at radius 1 is 1.12 bits per heavy atom. The average molecular weight is 376 g/mol.